The molecule has 0 fully saturated rings. The van der Waals surface area contributed by atoms with Crippen LogP contribution in [0.4, 0.5) is 0 Å². The average molecular weight is 765 g/mol. The van der Waals surface area contributed by atoms with Crippen molar-refractivity contribution >= 4 is 32.3 Å². The first kappa shape index (κ1) is 35.0. The van der Waals surface area contributed by atoms with Crippen LogP contribution in [-0.2, 0) is 10.8 Å². The molecule has 12 rings (SSSR count). The maximum absolute atomic E-state index is 2.50. The highest BCUT2D eigenvalue weighted by atomic mass is 14.4. The van der Waals surface area contributed by atoms with Gasteiger partial charge in [-0.1, -0.05) is 204 Å². The lowest BCUT2D eigenvalue weighted by Crippen LogP contribution is -2.14. The molecule has 0 nitrogen and oxygen atoms in total. The Morgan fingerprint density at radius 1 is 0.250 bits per heavy atom. The summed E-state index contributed by atoms with van der Waals surface area (Å²) in [6.45, 7) is 9.51. The molecule has 0 aromatic heterocycles. The zero-order chi connectivity index (χ0) is 40.3. The lowest BCUT2D eigenvalue weighted by atomic mass is 9.80. The van der Waals surface area contributed by atoms with Gasteiger partial charge >= 0.3 is 0 Å². The second kappa shape index (κ2) is 12.7. The summed E-state index contributed by atoms with van der Waals surface area (Å²) in [5.74, 6) is 0. The van der Waals surface area contributed by atoms with Gasteiger partial charge < -0.3 is 0 Å². The molecule has 0 aliphatic heterocycles. The Labute approximate surface area is 352 Å². The molecule has 0 spiro atoms. The highest BCUT2D eigenvalue weighted by Gasteiger charge is 2.37. The summed E-state index contributed by atoms with van der Waals surface area (Å²) in [4.78, 5) is 0. The van der Waals surface area contributed by atoms with E-state index in [1.54, 1.807) is 0 Å². The molecule has 0 saturated carbocycles. The van der Waals surface area contributed by atoms with E-state index in [4.69, 9.17) is 0 Å². The summed E-state index contributed by atoms with van der Waals surface area (Å²) in [6, 6.07) is 73.2. The Bertz CT molecular complexity index is 3400. The van der Waals surface area contributed by atoms with E-state index in [0.717, 1.165) is 0 Å². The Balaban J connectivity index is 1.09. The Morgan fingerprint density at radius 2 is 0.667 bits per heavy atom. The zero-order valence-corrected chi connectivity index (χ0v) is 34.5. The maximum atomic E-state index is 2.50. The van der Waals surface area contributed by atoms with Crippen molar-refractivity contribution in [3.05, 3.63) is 216 Å². The van der Waals surface area contributed by atoms with Crippen LogP contribution >= 0.6 is 0 Å². The summed E-state index contributed by atoms with van der Waals surface area (Å²) in [5, 5.41) is 7.62. The van der Waals surface area contributed by atoms with Gasteiger partial charge in [0.25, 0.3) is 0 Å². The van der Waals surface area contributed by atoms with E-state index in [-0.39, 0.29) is 10.8 Å². The normalized spacial score (nSPS) is 14.3. The first-order chi connectivity index (χ1) is 29.3. The fourth-order valence-corrected chi connectivity index (χ4v) is 11.0. The molecule has 10 aromatic rings. The fourth-order valence-electron chi connectivity index (χ4n) is 11.0. The molecule has 0 N–H and O–H groups in total. The number of benzene rings is 10. The standard InChI is InChI=1S/C60H44/c1-59(2)53-22-11-9-17-45(53)47-31-28-41(35-55(47)59)40-29-33-51-52(34-40)58(42-30-32-48-46-18-10-12-23-54(46)60(3,4)56(48)36-42)50-20-8-7-19-49(50)57(51)39-26-24-38(25-27-39)44-21-13-15-37-14-5-6-16-43(37)44/h5-36H,1-4H3. The zero-order valence-electron chi connectivity index (χ0n) is 34.5. The smallest absolute Gasteiger partial charge is 0.0159 e. The third-order valence-corrected chi connectivity index (χ3v) is 14.1. The summed E-state index contributed by atoms with van der Waals surface area (Å²) in [6.07, 6.45) is 0. The van der Waals surface area contributed by atoms with Crippen molar-refractivity contribution in [1.29, 1.82) is 0 Å². The molecule has 0 atom stereocenters. The summed E-state index contributed by atoms with van der Waals surface area (Å²) >= 11 is 0. The highest BCUT2D eigenvalue weighted by molar-refractivity contribution is 6.22. The van der Waals surface area contributed by atoms with Gasteiger partial charge in [0.2, 0.25) is 0 Å². The molecule has 2 aliphatic rings. The van der Waals surface area contributed by atoms with Crippen LogP contribution in [0.2, 0.25) is 0 Å². The summed E-state index contributed by atoms with van der Waals surface area (Å²) in [5.41, 5.74) is 20.9. The lowest BCUT2D eigenvalue weighted by molar-refractivity contribution is 0.660. The Kier molecular flexibility index (Phi) is 7.42. The van der Waals surface area contributed by atoms with Crippen molar-refractivity contribution in [2.75, 3.05) is 0 Å². The van der Waals surface area contributed by atoms with Crippen LogP contribution in [0.1, 0.15) is 49.9 Å². The molecular formula is C60H44. The van der Waals surface area contributed by atoms with Crippen LogP contribution in [0.3, 0.4) is 0 Å². The van der Waals surface area contributed by atoms with Gasteiger partial charge in [-0.2, -0.15) is 0 Å². The highest BCUT2D eigenvalue weighted by Crippen LogP contribution is 2.53. The van der Waals surface area contributed by atoms with Crippen LogP contribution in [0, 0.1) is 0 Å². The number of hydrogen-bond acceptors (Lipinski definition) is 0. The topological polar surface area (TPSA) is 0 Å². The molecular weight excluding hydrogens is 721 g/mol. The lowest BCUT2D eigenvalue weighted by Gasteiger charge is -2.23. The van der Waals surface area contributed by atoms with Crippen LogP contribution in [0.15, 0.2) is 194 Å². The first-order valence-corrected chi connectivity index (χ1v) is 21.3. The van der Waals surface area contributed by atoms with Gasteiger partial charge in [-0.3, -0.25) is 0 Å². The third kappa shape index (κ3) is 4.98. The van der Waals surface area contributed by atoms with E-state index in [2.05, 4.69) is 222 Å². The van der Waals surface area contributed by atoms with E-state index in [0.29, 0.717) is 0 Å². The van der Waals surface area contributed by atoms with Crippen molar-refractivity contribution in [3.63, 3.8) is 0 Å². The molecule has 10 aromatic carbocycles. The predicted octanol–water partition coefficient (Wildman–Crippen LogP) is 16.4. The molecule has 0 amide bonds. The minimum absolute atomic E-state index is 0.0691. The van der Waals surface area contributed by atoms with Gasteiger partial charge in [0.05, 0.1) is 0 Å². The minimum Gasteiger partial charge on any atom is -0.0619 e. The van der Waals surface area contributed by atoms with Gasteiger partial charge in [0.15, 0.2) is 0 Å². The van der Waals surface area contributed by atoms with Crippen LogP contribution < -0.4 is 0 Å². The monoisotopic (exact) mass is 764 g/mol. The summed E-state index contributed by atoms with van der Waals surface area (Å²) in [7, 11) is 0. The van der Waals surface area contributed by atoms with Crippen LogP contribution in [-0.4, -0.2) is 0 Å². The van der Waals surface area contributed by atoms with Crippen molar-refractivity contribution in [2.24, 2.45) is 0 Å². The molecule has 0 saturated heterocycles. The second-order valence-corrected chi connectivity index (χ2v) is 18.0. The largest absolute Gasteiger partial charge is 0.0619 e. The number of hydrogen-bond donors (Lipinski definition) is 0. The quantitative estimate of drug-likeness (QED) is 0.157. The van der Waals surface area contributed by atoms with E-state index in [9.17, 15) is 0 Å². The van der Waals surface area contributed by atoms with Crippen molar-refractivity contribution in [3.8, 4) is 66.8 Å². The third-order valence-electron chi connectivity index (χ3n) is 14.1. The molecule has 0 heterocycles. The minimum atomic E-state index is -0.0979. The molecule has 284 valence electrons. The Morgan fingerprint density at radius 3 is 1.33 bits per heavy atom. The molecule has 0 unspecified atom stereocenters. The molecule has 2 aliphatic carbocycles. The molecule has 0 radical (unpaired) electrons. The van der Waals surface area contributed by atoms with Gasteiger partial charge in [-0.25, -0.2) is 0 Å². The van der Waals surface area contributed by atoms with Crippen molar-refractivity contribution in [1.82, 2.24) is 0 Å². The van der Waals surface area contributed by atoms with E-state index >= 15 is 0 Å². The number of rotatable bonds is 4. The second-order valence-electron chi connectivity index (χ2n) is 18.0. The average Bonchev–Trinajstić information content (AvgIpc) is 3.66. The van der Waals surface area contributed by atoms with E-state index in [1.165, 1.54) is 121 Å². The molecule has 60 heavy (non-hydrogen) atoms. The van der Waals surface area contributed by atoms with E-state index in [1.807, 2.05) is 0 Å². The van der Waals surface area contributed by atoms with E-state index < -0.39 is 0 Å². The van der Waals surface area contributed by atoms with Crippen LogP contribution in [0.25, 0.3) is 99.1 Å². The molecule has 0 heteroatoms. The Hall–Kier alpha value is -7.02. The van der Waals surface area contributed by atoms with Gasteiger partial charge in [-0.15, -0.1) is 0 Å². The predicted molar refractivity (Wildman–Crippen MR) is 256 cm³/mol. The van der Waals surface area contributed by atoms with Gasteiger partial charge in [0, 0.05) is 10.8 Å². The van der Waals surface area contributed by atoms with Crippen molar-refractivity contribution in [2.45, 2.75) is 38.5 Å². The van der Waals surface area contributed by atoms with Crippen molar-refractivity contribution < 1.29 is 0 Å². The summed E-state index contributed by atoms with van der Waals surface area (Å²) < 4.78 is 0. The first-order valence-electron chi connectivity index (χ1n) is 21.3. The number of fused-ring (bicyclic) bond motifs is 9. The fraction of sp³-hybridized carbons (Fsp3) is 0.100. The maximum Gasteiger partial charge on any atom is 0.0159 e. The van der Waals surface area contributed by atoms with Gasteiger partial charge in [0.1, 0.15) is 0 Å². The molecule has 0 bridgehead atoms. The van der Waals surface area contributed by atoms with Crippen LogP contribution in [0.5, 0.6) is 0 Å². The van der Waals surface area contributed by atoms with Gasteiger partial charge in [-0.05, 0) is 140 Å². The SMILES string of the molecule is CC1(C)c2ccccc2-c2ccc(-c3ccc4c(-c5ccc(-c6cccc7ccccc67)cc5)c5ccccc5c(-c5ccc6c(c5)C(C)(C)c5ccccc5-6)c4c3)cc21.